The molecule has 1 N–H and O–H groups in total. The lowest BCUT2D eigenvalue weighted by atomic mass is 10.2. The van der Waals surface area contributed by atoms with Gasteiger partial charge in [-0.25, -0.2) is 9.18 Å². The molecule has 0 atom stereocenters. The fraction of sp³-hybridized carbons (Fsp3) is 0.0833. The van der Waals surface area contributed by atoms with E-state index in [0.29, 0.717) is 6.54 Å². The number of carboxylic acid groups (broad SMARTS) is 1. The third-order valence-electron chi connectivity index (χ3n) is 2.35. The highest BCUT2D eigenvalue weighted by molar-refractivity contribution is 6.30. The van der Waals surface area contributed by atoms with Gasteiger partial charge in [-0.1, -0.05) is 17.7 Å². The fourth-order valence-electron chi connectivity index (χ4n) is 1.51. The molecule has 1 heterocycles. The van der Waals surface area contributed by atoms with Crippen molar-refractivity contribution in [3.63, 3.8) is 0 Å². The van der Waals surface area contributed by atoms with E-state index in [1.807, 2.05) is 0 Å². The van der Waals surface area contributed by atoms with E-state index >= 15 is 0 Å². The lowest BCUT2D eigenvalue weighted by molar-refractivity contribution is 0.0697. The van der Waals surface area contributed by atoms with Crippen LogP contribution in [0.3, 0.4) is 0 Å². The van der Waals surface area contributed by atoms with Gasteiger partial charge >= 0.3 is 5.97 Å². The van der Waals surface area contributed by atoms with Crippen molar-refractivity contribution >= 4 is 17.6 Å². The maximum absolute atomic E-state index is 13.2. The van der Waals surface area contributed by atoms with Gasteiger partial charge < -0.3 is 9.67 Å². The summed E-state index contributed by atoms with van der Waals surface area (Å²) in [5.74, 6) is -1.46. The highest BCUT2D eigenvalue weighted by Gasteiger charge is 2.06. The number of benzene rings is 1. The van der Waals surface area contributed by atoms with Gasteiger partial charge in [0.25, 0.3) is 0 Å². The van der Waals surface area contributed by atoms with Gasteiger partial charge in [0, 0.05) is 18.9 Å². The molecule has 0 spiro atoms. The molecular weight excluding hydrogens is 245 g/mol. The van der Waals surface area contributed by atoms with Crippen molar-refractivity contribution in [1.82, 2.24) is 4.57 Å². The molecule has 0 unspecified atom stereocenters. The predicted octanol–water partition coefficient (Wildman–Crippen LogP) is 3.03. The van der Waals surface area contributed by atoms with Crippen molar-refractivity contribution in [2.24, 2.45) is 0 Å². The number of rotatable bonds is 3. The monoisotopic (exact) mass is 253 g/mol. The Morgan fingerprint density at radius 3 is 2.76 bits per heavy atom. The summed E-state index contributed by atoms with van der Waals surface area (Å²) in [6.07, 6.45) is 3.13. The van der Waals surface area contributed by atoms with Crippen LogP contribution in [0.1, 0.15) is 15.9 Å². The van der Waals surface area contributed by atoms with E-state index in [4.69, 9.17) is 16.7 Å². The van der Waals surface area contributed by atoms with Crippen molar-refractivity contribution in [1.29, 1.82) is 0 Å². The molecule has 5 heteroatoms. The number of aromatic nitrogens is 1. The van der Waals surface area contributed by atoms with Crippen LogP contribution >= 0.6 is 11.6 Å². The average molecular weight is 254 g/mol. The minimum Gasteiger partial charge on any atom is -0.478 e. The normalized spacial score (nSPS) is 10.5. The number of halogens is 2. The van der Waals surface area contributed by atoms with Gasteiger partial charge in [0.05, 0.1) is 10.6 Å². The second-order valence-electron chi connectivity index (χ2n) is 3.63. The van der Waals surface area contributed by atoms with E-state index in [-0.39, 0.29) is 10.6 Å². The second kappa shape index (κ2) is 4.59. The Labute approximate surface area is 102 Å². The molecule has 0 amide bonds. The molecule has 1 aromatic heterocycles. The van der Waals surface area contributed by atoms with Crippen LogP contribution in [0.15, 0.2) is 36.7 Å². The molecule has 3 nitrogen and oxygen atoms in total. The number of hydrogen-bond acceptors (Lipinski definition) is 1. The van der Waals surface area contributed by atoms with Crippen LogP contribution in [0.2, 0.25) is 5.02 Å². The summed E-state index contributed by atoms with van der Waals surface area (Å²) in [5.41, 5.74) is 0.930. The largest absolute Gasteiger partial charge is 0.478 e. The predicted molar refractivity (Wildman–Crippen MR) is 61.9 cm³/mol. The second-order valence-corrected chi connectivity index (χ2v) is 4.03. The zero-order valence-electron chi connectivity index (χ0n) is 8.73. The molecule has 0 aliphatic rings. The topological polar surface area (TPSA) is 42.2 Å². The van der Waals surface area contributed by atoms with E-state index in [1.165, 1.54) is 24.4 Å². The number of nitrogens with zero attached hydrogens (tertiary/aromatic N) is 1. The molecule has 0 aliphatic carbocycles. The number of hydrogen-bond donors (Lipinski definition) is 1. The van der Waals surface area contributed by atoms with Gasteiger partial charge in [0.2, 0.25) is 0 Å². The zero-order chi connectivity index (χ0) is 12.4. The summed E-state index contributed by atoms with van der Waals surface area (Å²) in [7, 11) is 0. The third-order valence-corrected chi connectivity index (χ3v) is 2.65. The summed E-state index contributed by atoms with van der Waals surface area (Å²) < 4.78 is 14.9. The van der Waals surface area contributed by atoms with Crippen LogP contribution in [0, 0.1) is 5.82 Å². The molecule has 0 saturated heterocycles. The third kappa shape index (κ3) is 2.65. The molecule has 1 aromatic carbocycles. The van der Waals surface area contributed by atoms with Crippen LogP contribution in [0.4, 0.5) is 4.39 Å². The zero-order valence-corrected chi connectivity index (χ0v) is 9.49. The lowest BCUT2D eigenvalue weighted by Crippen LogP contribution is -1.98. The standard InChI is InChI=1S/C12H9ClFNO2/c13-10-2-1-8(5-11(10)14)6-15-4-3-9(7-15)12(16)17/h1-5,7H,6H2,(H,16,17). The first-order valence-corrected chi connectivity index (χ1v) is 5.27. The lowest BCUT2D eigenvalue weighted by Gasteiger charge is -2.03. The van der Waals surface area contributed by atoms with Crippen molar-refractivity contribution in [2.75, 3.05) is 0 Å². The van der Waals surface area contributed by atoms with Crippen LogP contribution in [0.25, 0.3) is 0 Å². The van der Waals surface area contributed by atoms with Gasteiger partial charge in [-0.05, 0) is 23.8 Å². The fourth-order valence-corrected chi connectivity index (χ4v) is 1.63. The Hall–Kier alpha value is -1.81. The van der Waals surface area contributed by atoms with Gasteiger partial charge in [-0.15, -0.1) is 0 Å². The van der Waals surface area contributed by atoms with E-state index in [2.05, 4.69) is 0 Å². The highest BCUT2D eigenvalue weighted by atomic mass is 35.5. The van der Waals surface area contributed by atoms with E-state index in [0.717, 1.165) is 5.56 Å². The maximum atomic E-state index is 13.2. The number of carboxylic acids is 1. The minimum absolute atomic E-state index is 0.0764. The molecular formula is C12H9ClFNO2. The summed E-state index contributed by atoms with van der Waals surface area (Å²) in [5, 5.41) is 8.83. The molecule has 2 rings (SSSR count). The van der Waals surface area contributed by atoms with Crippen molar-refractivity contribution in [3.8, 4) is 0 Å². The minimum atomic E-state index is -0.981. The Kier molecular flexibility index (Phi) is 3.15. The van der Waals surface area contributed by atoms with Crippen molar-refractivity contribution in [3.05, 3.63) is 58.6 Å². The van der Waals surface area contributed by atoms with Gasteiger partial charge in [-0.3, -0.25) is 0 Å². The van der Waals surface area contributed by atoms with Crippen molar-refractivity contribution < 1.29 is 14.3 Å². The first-order chi connectivity index (χ1) is 8.06. The van der Waals surface area contributed by atoms with Gasteiger partial charge in [-0.2, -0.15) is 0 Å². The molecule has 2 aromatic rings. The van der Waals surface area contributed by atoms with Crippen LogP contribution in [-0.4, -0.2) is 15.6 Å². The molecule has 17 heavy (non-hydrogen) atoms. The summed E-state index contributed by atoms with van der Waals surface area (Å²) in [4.78, 5) is 10.7. The van der Waals surface area contributed by atoms with Gasteiger partial charge in [0.15, 0.2) is 0 Å². The van der Waals surface area contributed by atoms with Gasteiger partial charge in [0.1, 0.15) is 5.82 Å². The van der Waals surface area contributed by atoms with E-state index < -0.39 is 11.8 Å². The first kappa shape index (κ1) is 11.7. The van der Waals surface area contributed by atoms with Crippen LogP contribution in [-0.2, 0) is 6.54 Å². The molecule has 0 aliphatic heterocycles. The smallest absolute Gasteiger partial charge is 0.337 e. The van der Waals surface area contributed by atoms with Crippen LogP contribution < -0.4 is 0 Å². The SMILES string of the molecule is O=C(O)c1ccn(Cc2ccc(Cl)c(F)c2)c1. The quantitative estimate of drug-likeness (QED) is 0.914. The van der Waals surface area contributed by atoms with E-state index in [1.54, 1.807) is 16.8 Å². The van der Waals surface area contributed by atoms with E-state index in [9.17, 15) is 9.18 Å². The summed E-state index contributed by atoms with van der Waals surface area (Å²) in [6, 6.07) is 6.01. The molecule has 0 saturated carbocycles. The number of carbonyl (C=O) groups is 1. The van der Waals surface area contributed by atoms with Crippen LogP contribution in [0.5, 0.6) is 0 Å². The Bertz CT molecular complexity index is 565. The average Bonchev–Trinajstić information content (AvgIpc) is 2.72. The summed E-state index contributed by atoms with van der Waals surface area (Å²) in [6.45, 7) is 0.404. The van der Waals surface area contributed by atoms with Crippen molar-refractivity contribution in [2.45, 2.75) is 6.54 Å². The Morgan fingerprint density at radius 2 is 2.18 bits per heavy atom. The maximum Gasteiger partial charge on any atom is 0.337 e. The molecule has 88 valence electrons. The highest BCUT2D eigenvalue weighted by Crippen LogP contribution is 2.16. The summed E-state index contributed by atoms with van der Waals surface area (Å²) >= 11 is 5.57. The Morgan fingerprint density at radius 1 is 1.41 bits per heavy atom. The number of aromatic carboxylic acids is 1. The Balaban J connectivity index is 2.19. The molecule has 0 fully saturated rings. The molecule has 0 bridgehead atoms. The molecule has 0 radical (unpaired) electrons. The first-order valence-electron chi connectivity index (χ1n) is 4.89.